The number of carbonyl (C=O) groups excluding carboxylic acids is 1. The average molecular weight is 511 g/mol. The van der Waals surface area contributed by atoms with Crippen LogP contribution >= 0.6 is 35.0 Å². The summed E-state index contributed by atoms with van der Waals surface area (Å²) >= 11 is 14.0. The Morgan fingerprint density at radius 3 is 2.53 bits per heavy atom. The zero-order valence-corrected chi connectivity index (χ0v) is 21.4. The number of halogens is 2. The van der Waals surface area contributed by atoms with Gasteiger partial charge in [0.05, 0.1) is 11.7 Å². The number of thioether (sulfide) groups is 1. The zero-order valence-electron chi connectivity index (χ0n) is 19.0. The number of nitrogens with zero attached hydrogens (tertiary/aromatic N) is 3. The molecule has 1 aromatic heterocycles. The van der Waals surface area contributed by atoms with Gasteiger partial charge in [0.2, 0.25) is 0 Å². The number of nitrogens with one attached hydrogen (secondary N) is 1. The van der Waals surface area contributed by atoms with Crippen molar-refractivity contribution in [3.05, 3.63) is 105 Å². The molecule has 174 valence electrons. The summed E-state index contributed by atoms with van der Waals surface area (Å²) in [5, 5.41) is 13.8. The molecule has 0 aliphatic rings. The normalized spacial score (nSPS) is 11.9. The molecule has 0 aliphatic carbocycles. The van der Waals surface area contributed by atoms with Gasteiger partial charge in [-0.05, 0) is 62.2 Å². The Labute approximate surface area is 213 Å². The first-order valence-corrected chi connectivity index (χ1v) is 12.5. The molecular formula is C26H24Cl2N4OS. The Morgan fingerprint density at radius 1 is 1.00 bits per heavy atom. The van der Waals surface area contributed by atoms with Gasteiger partial charge >= 0.3 is 0 Å². The first kappa shape index (κ1) is 24.3. The van der Waals surface area contributed by atoms with E-state index in [0.717, 1.165) is 22.2 Å². The molecule has 0 saturated heterocycles. The van der Waals surface area contributed by atoms with Gasteiger partial charge in [-0.1, -0.05) is 76.9 Å². The van der Waals surface area contributed by atoms with Crippen LogP contribution in [0.15, 0.2) is 71.9 Å². The van der Waals surface area contributed by atoms with Crippen LogP contribution in [-0.2, 0) is 5.75 Å². The fraction of sp³-hybridized carbons (Fsp3) is 0.192. The predicted octanol–water partition coefficient (Wildman–Crippen LogP) is 6.97. The maximum absolute atomic E-state index is 12.8. The molecule has 4 rings (SSSR count). The molecule has 0 bridgehead atoms. The fourth-order valence-corrected chi connectivity index (χ4v) is 4.88. The van der Waals surface area contributed by atoms with E-state index in [0.29, 0.717) is 21.4 Å². The quantitative estimate of drug-likeness (QED) is 0.272. The molecule has 34 heavy (non-hydrogen) atoms. The summed E-state index contributed by atoms with van der Waals surface area (Å²) in [7, 11) is 0. The lowest BCUT2D eigenvalue weighted by atomic mass is 10.1. The molecule has 1 atom stereocenters. The first-order valence-electron chi connectivity index (χ1n) is 10.8. The molecular weight excluding hydrogens is 487 g/mol. The molecule has 1 heterocycles. The van der Waals surface area contributed by atoms with Crippen LogP contribution in [0.2, 0.25) is 10.0 Å². The molecule has 0 radical (unpaired) electrons. The van der Waals surface area contributed by atoms with Crippen LogP contribution in [0.5, 0.6) is 0 Å². The highest BCUT2D eigenvalue weighted by molar-refractivity contribution is 7.98. The minimum atomic E-state index is -0.411. The number of benzene rings is 3. The third-order valence-corrected chi connectivity index (χ3v) is 6.81. The van der Waals surface area contributed by atoms with Crippen molar-refractivity contribution in [2.45, 2.75) is 37.7 Å². The number of carbonyl (C=O) groups is 1. The molecule has 8 heteroatoms. The van der Waals surface area contributed by atoms with Crippen LogP contribution in [0.4, 0.5) is 0 Å². The predicted molar refractivity (Wildman–Crippen MR) is 139 cm³/mol. The van der Waals surface area contributed by atoms with Crippen LogP contribution < -0.4 is 5.32 Å². The molecule has 0 fully saturated rings. The monoisotopic (exact) mass is 510 g/mol. The van der Waals surface area contributed by atoms with Crippen LogP contribution in [-0.4, -0.2) is 20.7 Å². The molecule has 0 spiro atoms. The van der Waals surface area contributed by atoms with E-state index in [-0.39, 0.29) is 5.91 Å². The highest BCUT2D eigenvalue weighted by Gasteiger charge is 2.23. The van der Waals surface area contributed by atoms with Crippen molar-refractivity contribution in [3.8, 4) is 5.69 Å². The second-order valence-corrected chi connectivity index (χ2v) is 9.91. The summed E-state index contributed by atoms with van der Waals surface area (Å²) in [5.74, 6) is 1.12. The lowest BCUT2D eigenvalue weighted by Gasteiger charge is -2.18. The molecule has 1 unspecified atom stereocenters. The Morgan fingerprint density at radius 2 is 1.76 bits per heavy atom. The summed E-state index contributed by atoms with van der Waals surface area (Å²) < 4.78 is 1.98. The van der Waals surface area contributed by atoms with E-state index < -0.39 is 6.04 Å². The van der Waals surface area contributed by atoms with E-state index >= 15 is 0 Å². The SMILES string of the molecule is Cc1cccc(CSc2nnc(C(C)NC(=O)c3cccc(Cl)c3)n2-c2cc(Cl)ccc2C)c1. The van der Waals surface area contributed by atoms with E-state index in [9.17, 15) is 4.79 Å². The fourth-order valence-electron chi connectivity index (χ4n) is 3.63. The van der Waals surface area contributed by atoms with Gasteiger partial charge in [-0.25, -0.2) is 0 Å². The van der Waals surface area contributed by atoms with Crippen molar-refractivity contribution in [2.75, 3.05) is 0 Å². The summed E-state index contributed by atoms with van der Waals surface area (Å²) in [5.41, 5.74) is 4.80. The third kappa shape index (κ3) is 5.63. The zero-order chi connectivity index (χ0) is 24.2. The van der Waals surface area contributed by atoms with Gasteiger partial charge in [-0.3, -0.25) is 9.36 Å². The summed E-state index contributed by atoms with van der Waals surface area (Å²) in [4.78, 5) is 12.8. The Balaban J connectivity index is 1.67. The molecule has 0 aliphatic heterocycles. The van der Waals surface area contributed by atoms with Crippen molar-refractivity contribution >= 4 is 40.9 Å². The molecule has 1 N–H and O–H groups in total. The number of amides is 1. The van der Waals surface area contributed by atoms with E-state index in [4.69, 9.17) is 23.2 Å². The highest BCUT2D eigenvalue weighted by Crippen LogP contribution is 2.30. The van der Waals surface area contributed by atoms with Gasteiger partial charge in [0.1, 0.15) is 0 Å². The van der Waals surface area contributed by atoms with Crippen LogP contribution in [0, 0.1) is 13.8 Å². The van der Waals surface area contributed by atoms with Crippen molar-refractivity contribution in [1.29, 1.82) is 0 Å². The number of rotatable bonds is 7. The molecule has 5 nitrogen and oxygen atoms in total. The lowest BCUT2D eigenvalue weighted by molar-refractivity contribution is 0.0938. The van der Waals surface area contributed by atoms with Crippen LogP contribution in [0.3, 0.4) is 0 Å². The average Bonchev–Trinajstić information content (AvgIpc) is 3.23. The Bertz CT molecular complexity index is 1340. The standard InChI is InChI=1S/C26H24Cl2N4OS/c1-16-6-4-7-19(12-16)15-34-26-31-30-24(32(26)23-14-22(28)11-10-17(23)2)18(3)29-25(33)20-8-5-9-21(27)13-20/h4-14,18H,15H2,1-3H3,(H,29,33). The van der Waals surface area contributed by atoms with Gasteiger partial charge in [0.15, 0.2) is 11.0 Å². The van der Waals surface area contributed by atoms with E-state index in [1.165, 1.54) is 11.1 Å². The number of hydrogen-bond acceptors (Lipinski definition) is 4. The van der Waals surface area contributed by atoms with Crippen molar-refractivity contribution in [2.24, 2.45) is 0 Å². The second kappa shape index (κ2) is 10.6. The minimum absolute atomic E-state index is 0.235. The van der Waals surface area contributed by atoms with Crippen LogP contribution in [0.25, 0.3) is 5.69 Å². The van der Waals surface area contributed by atoms with E-state index in [1.54, 1.807) is 36.0 Å². The Kier molecular flexibility index (Phi) is 7.61. The molecule has 3 aromatic carbocycles. The first-order chi connectivity index (χ1) is 16.3. The van der Waals surface area contributed by atoms with Gasteiger partial charge in [-0.2, -0.15) is 0 Å². The van der Waals surface area contributed by atoms with Crippen molar-refractivity contribution in [1.82, 2.24) is 20.1 Å². The summed E-state index contributed by atoms with van der Waals surface area (Å²) in [6.07, 6.45) is 0. The maximum Gasteiger partial charge on any atom is 0.251 e. The van der Waals surface area contributed by atoms with E-state index in [2.05, 4.69) is 46.7 Å². The second-order valence-electron chi connectivity index (χ2n) is 8.09. The topological polar surface area (TPSA) is 59.8 Å². The number of hydrogen-bond donors (Lipinski definition) is 1. The third-order valence-electron chi connectivity index (χ3n) is 5.34. The van der Waals surface area contributed by atoms with Crippen LogP contribution in [0.1, 0.15) is 45.8 Å². The minimum Gasteiger partial charge on any atom is -0.342 e. The molecule has 4 aromatic rings. The van der Waals surface area contributed by atoms with Gasteiger partial charge < -0.3 is 5.32 Å². The summed E-state index contributed by atoms with van der Waals surface area (Å²) in [6, 6.07) is 20.5. The Hall–Kier alpha value is -2.80. The lowest BCUT2D eigenvalue weighted by Crippen LogP contribution is -2.28. The van der Waals surface area contributed by atoms with Crippen molar-refractivity contribution < 1.29 is 4.79 Å². The summed E-state index contributed by atoms with van der Waals surface area (Å²) in [6.45, 7) is 5.98. The highest BCUT2D eigenvalue weighted by atomic mass is 35.5. The van der Waals surface area contributed by atoms with E-state index in [1.807, 2.05) is 36.6 Å². The largest absolute Gasteiger partial charge is 0.342 e. The number of aromatic nitrogens is 3. The molecule has 0 saturated carbocycles. The van der Waals surface area contributed by atoms with Crippen molar-refractivity contribution in [3.63, 3.8) is 0 Å². The maximum atomic E-state index is 12.8. The van der Waals surface area contributed by atoms with Gasteiger partial charge in [0, 0.05) is 21.4 Å². The molecule has 1 amide bonds. The number of aryl methyl sites for hydroxylation is 2. The van der Waals surface area contributed by atoms with Gasteiger partial charge in [0.25, 0.3) is 5.91 Å². The smallest absolute Gasteiger partial charge is 0.251 e. The van der Waals surface area contributed by atoms with Gasteiger partial charge in [-0.15, -0.1) is 10.2 Å².